The number of hydrogen-bond donors (Lipinski definition) is 1. The third kappa shape index (κ3) is 8.30. The van der Waals surface area contributed by atoms with E-state index in [0.717, 1.165) is 25.7 Å². The molecule has 1 radical (unpaired) electrons. The van der Waals surface area contributed by atoms with E-state index in [0.29, 0.717) is 6.42 Å². The van der Waals surface area contributed by atoms with E-state index in [1.165, 1.54) is 0 Å². The van der Waals surface area contributed by atoms with Crippen molar-refractivity contribution >= 4 is 22.6 Å². The van der Waals surface area contributed by atoms with Crippen LogP contribution in [0.2, 0.25) is 0 Å². The van der Waals surface area contributed by atoms with Crippen LogP contribution in [0.25, 0.3) is 0 Å². The lowest BCUT2D eigenvalue weighted by molar-refractivity contribution is 0.368. The fourth-order valence-corrected chi connectivity index (χ4v) is 1.37. The van der Waals surface area contributed by atoms with Gasteiger partial charge in [-0.25, -0.2) is 12.6 Å². The second-order valence-electron chi connectivity index (χ2n) is 2.48. The molecule has 0 atom stereocenters. The van der Waals surface area contributed by atoms with Crippen LogP contribution in [0.15, 0.2) is 0 Å². The molecule has 3 nitrogen and oxygen atoms in total. The Labute approximate surface area is 80.2 Å². The van der Waals surface area contributed by atoms with Crippen LogP contribution < -0.4 is 0 Å². The van der Waals surface area contributed by atoms with Gasteiger partial charge < -0.3 is 0 Å². The van der Waals surface area contributed by atoms with Crippen molar-refractivity contribution in [2.24, 2.45) is 0 Å². The summed E-state index contributed by atoms with van der Waals surface area (Å²) >= 11 is 5.47. The van der Waals surface area contributed by atoms with E-state index in [1.54, 1.807) is 0 Å². The molecule has 0 aliphatic carbocycles. The van der Waals surface area contributed by atoms with E-state index in [-0.39, 0.29) is 5.56 Å². The molecule has 0 aromatic carbocycles. The van der Waals surface area contributed by atoms with E-state index in [4.69, 9.17) is 11.6 Å². The Bertz CT molecular complexity index is 162. The van der Waals surface area contributed by atoms with Gasteiger partial charge in [0.05, 0.1) is 0 Å². The molecule has 0 saturated carbocycles. The van der Waals surface area contributed by atoms with Crippen LogP contribution in [0.4, 0.5) is 0 Å². The quantitative estimate of drug-likeness (QED) is 0.521. The SMILES string of the molecule is CCCCCC[C](Cl)O[SH](=O)=O. The van der Waals surface area contributed by atoms with Gasteiger partial charge in [-0.1, -0.05) is 37.8 Å². The van der Waals surface area contributed by atoms with Crippen LogP contribution in [0.5, 0.6) is 0 Å². The van der Waals surface area contributed by atoms with Crippen LogP contribution >= 0.6 is 11.6 Å². The Morgan fingerprint density at radius 2 is 2.00 bits per heavy atom. The largest absolute Gasteiger partial charge is 0.259 e. The number of hydrogen-bond acceptors (Lipinski definition) is 3. The fourth-order valence-electron chi connectivity index (χ4n) is 0.817. The summed E-state index contributed by atoms with van der Waals surface area (Å²) in [6, 6.07) is 0. The van der Waals surface area contributed by atoms with E-state index in [1.807, 2.05) is 0 Å². The summed E-state index contributed by atoms with van der Waals surface area (Å²) in [7, 11) is -2.83. The summed E-state index contributed by atoms with van der Waals surface area (Å²) in [5, 5.41) is 0. The second-order valence-corrected chi connectivity index (χ2v) is 3.53. The smallest absolute Gasteiger partial charge is 0.245 e. The predicted molar refractivity (Wildman–Crippen MR) is 49.3 cm³/mol. The first kappa shape index (κ1) is 12.2. The minimum Gasteiger partial charge on any atom is -0.245 e. The first-order valence-electron chi connectivity index (χ1n) is 4.00. The van der Waals surface area contributed by atoms with Crippen LogP contribution in [-0.4, -0.2) is 8.42 Å². The topological polar surface area (TPSA) is 43.4 Å². The lowest BCUT2D eigenvalue weighted by atomic mass is 10.2. The predicted octanol–water partition coefficient (Wildman–Crippen LogP) is 2.23. The maximum absolute atomic E-state index is 10.0. The van der Waals surface area contributed by atoms with Gasteiger partial charge in [0.15, 0.2) is 0 Å². The molecule has 0 aliphatic heterocycles. The first-order valence-corrected chi connectivity index (χ1v) is 5.47. The van der Waals surface area contributed by atoms with Gasteiger partial charge in [0, 0.05) is 0 Å². The minimum atomic E-state index is -2.83. The molecular formula is C7H14ClO3S. The molecule has 0 unspecified atom stereocenters. The van der Waals surface area contributed by atoms with Crippen LogP contribution in [0.1, 0.15) is 39.0 Å². The molecular weight excluding hydrogens is 200 g/mol. The van der Waals surface area contributed by atoms with E-state index < -0.39 is 11.0 Å². The van der Waals surface area contributed by atoms with E-state index in [2.05, 4.69) is 11.1 Å². The van der Waals surface area contributed by atoms with E-state index in [9.17, 15) is 8.42 Å². The van der Waals surface area contributed by atoms with Crippen molar-refractivity contribution in [2.75, 3.05) is 0 Å². The highest BCUT2D eigenvalue weighted by molar-refractivity contribution is 7.67. The molecule has 0 aromatic heterocycles. The van der Waals surface area contributed by atoms with Gasteiger partial charge in [-0.2, -0.15) is 0 Å². The van der Waals surface area contributed by atoms with Gasteiger partial charge in [-0.05, 0) is 12.8 Å². The summed E-state index contributed by atoms with van der Waals surface area (Å²) in [6.07, 6.45) is 4.76. The number of unbranched alkanes of at least 4 members (excludes halogenated alkanes) is 3. The minimum absolute atomic E-state index is 0.0715. The third-order valence-electron chi connectivity index (χ3n) is 1.40. The molecule has 73 valence electrons. The third-order valence-corrected chi connectivity index (χ3v) is 2.14. The number of thiol groups is 1. The Morgan fingerprint density at radius 3 is 2.50 bits per heavy atom. The standard InChI is InChI=1S/C7H14ClO3S/c1-2-3-4-5-6-7(8)11-12(9)10/h12H,2-6H2,1H3. The number of halogens is 1. The van der Waals surface area contributed by atoms with E-state index >= 15 is 0 Å². The zero-order valence-corrected chi connectivity index (χ0v) is 8.74. The maximum atomic E-state index is 10.0. The fraction of sp³-hybridized carbons (Fsp3) is 0.857. The Morgan fingerprint density at radius 1 is 1.33 bits per heavy atom. The van der Waals surface area contributed by atoms with Gasteiger partial charge in [0.2, 0.25) is 5.56 Å². The molecule has 0 spiro atoms. The molecule has 0 fully saturated rings. The highest BCUT2D eigenvalue weighted by Crippen LogP contribution is 2.17. The van der Waals surface area contributed by atoms with Crippen molar-refractivity contribution in [3.63, 3.8) is 0 Å². The molecule has 0 bridgehead atoms. The summed E-state index contributed by atoms with van der Waals surface area (Å²) in [5.41, 5.74) is 0.0715. The molecule has 0 N–H and O–H groups in total. The molecule has 0 rings (SSSR count). The van der Waals surface area contributed by atoms with Crippen molar-refractivity contribution < 1.29 is 12.6 Å². The molecule has 0 amide bonds. The van der Waals surface area contributed by atoms with Gasteiger partial charge >= 0.3 is 0 Å². The summed E-state index contributed by atoms with van der Waals surface area (Å²) in [6.45, 7) is 2.11. The Hall–Kier alpha value is 0.200. The molecule has 5 heteroatoms. The highest BCUT2D eigenvalue weighted by Gasteiger charge is 2.06. The Kier molecular flexibility index (Phi) is 7.96. The van der Waals surface area contributed by atoms with Crippen LogP contribution in [0.3, 0.4) is 0 Å². The lowest BCUT2D eigenvalue weighted by Crippen LogP contribution is -1.94. The summed E-state index contributed by atoms with van der Waals surface area (Å²) in [4.78, 5) is 0. The molecule has 0 heterocycles. The van der Waals surface area contributed by atoms with Crippen molar-refractivity contribution in [3.8, 4) is 0 Å². The van der Waals surface area contributed by atoms with Crippen LogP contribution in [0, 0.1) is 5.56 Å². The highest BCUT2D eigenvalue weighted by atomic mass is 35.5. The zero-order valence-electron chi connectivity index (χ0n) is 7.09. The molecule has 12 heavy (non-hydrogen) atoms. The first-order chi connectivity index (χ1) is 5.66. The maximum Gasteiger partial charge on any atom is 0.259 e. The van der Waals surface area contributed by atoms with Crippen molar-refractivity contribution in [3.05, 3.63) is 5.56 Å². The second kappa shape index (κ2) is 7.83. The number of rotatable bonds is 7. The van der Waals surface area contributed by atoms with Gasteiger partial charge in [0.1, 0.15) is 0 Å². The Balaban J connectivity index is 3.25. The van der Waals surface area contributed by atoms with Crippen molar-refractivity contribution in [1.82, 2.24) is 0 Å². The average Bonchev–Trinajstić information content (AvgIpc) is 1.97. The normalized spacial score (nSPS) is 11.3. The molecule has 0 aliphatic rings. The lowest BCUT2D eigenvalue weighted by Gasteiger charge is -2.02. The van der Waals surface area contributed by atoms with Gasteiger partial charge in [0.25, 0.3) is 11.0 Å². The zero-order chi connectivity index (χ0) is 9.40. The summed E-state index contributed by atoms with van der Waals surface area (Å²) in [5.74, 6) is 0. The monoisotopic (exact) mass is 213 g/mol. The average molecular weight is 214 g/mol. The molecule has 0 aromatic rings. The van der Waals surface area contributed by atoms with Crippen LogP contribution in [-0.2, 0) is 15.2 Å². The summed E-state index contributed by atoms with van der Waals surface area (Å²) < 4.78 is 24.3. The van der Waals surface area contributed by atoms with Gasteiger partial charge in [-0.3, -0.25) is 0 Å². The van der Waals surface area contributed by atoms with Gasteiger partial charge in [-0.15, -0.1) is 0 Å². The van der Waals surface area contributed by atoms with Crippen molar-refractivity contribution in [2.45, 2.75) is 39.0 Å². The van der Waals surface area contributed by atoms with Crippen molar-refractivity contribution in [1.29, 1.82) is 0 Å². The molecule has 0 saturated heterocycles.